The average molecular weight is 328 g/mol. The van der Waals surface area contributed by atoms with Crippen molar-refractivity contribution < 1.29 is 4.74 Å². The minimum absolute atomic E-state index is 0.383. The second kappa shape index (κ2) is 6.18. The fourth-order valence-electron chi connectivity index (χ4n) is 1.53. The van der Waals surface area contributed by atoms with Gasteiger partial charge in [0.25, 0.3) is 0 Å². The fourth-order valence-corrected chi connectivity index (χ4v) is 2.32. The first-order valence-electron chi connectivity index (χ1n) is 5.41. The Hall–Kier alpha value is -1.10. The van der Waals surface area contributed by atoms with Crippen LogP contribution in [-0.2, 0) is 13.2 Å². The first kappa shape index (κ1) is 13.3. The van der Waals surface area contributed by atoms with E-state index >= 15 is 0 Å². The summed E-state index contributed by atoms with van der Waals surface area (Å²) in [5, 5.41) is 0.662. The lowest BCUT2D eigenvalue weighted by Gasteiger charge is -2.10. The molecule has 1 aromatic carbocycles. The van der Waals surface area contributed by atoms with Gasteiger partial charge in [0, 0.05) is 17.8 Å². The molecule has 94 valence electrons. The van der Waals surface area contributed by atoms with Gasteiger partial charge < -0.3 is 10.5 Å². The molecule has 0 aliphatic carbocycles. The van der Waals surface area contributed by atoms with E-state index in [1.54, 1.807) is 18.3 Å². The van der Waals surface area contributed by atoms with Crippen LogP contribution in [0.15, 0.2) is 41.0 Å². The van der Waals surface area contributed by atoms with Gasteiger partial charge in [0.1, 0.15) is 12.4 Å². The summed E-state index contributed by atoms with van der Waals surface area (Å²) in [5.41, 5.74) is 7.48. The second-order valence-corrected chi connectivity index (χ2v) is 4.97. The summed E-state index contributed by atoms with van der Waals surface area (Å²) in [6.45, 7) is 0.835. The summed E-state index contributed by atoms with van der Waals surface area (Å²) >= 11 is 9.27. The molecule has 1 heterocycles. The standard InChI is InChI=1S/C13H12BrClN2O/c14-11-6-10(15)3-4-13(11)18-8-12-9(7-16)2-1-5-17-12/h1-6H,7-8,16H2. The summed E-state index contributed by atoms with van der Waals surface area (Å²) in [7, 11) is 0. The topological polar surface area (TPSA) is 48.1 Å². The molecule has 0 aliphatic heterocycles. The number of aromatic nitrogens is 1. The Labute approximate surface area is 119 Å². The van der Waals surface area contributed by atoms with Gasteiger partial charge in [-0.25, -0.2) is 0 Å². The average Bonchev–Trinajstić information content (AvgIpc) is 2.38. The summed E-state index contributed by atoms with van der Waals surface area (Å²) in [6.07, 6.45) is 1.73. The molecule has 0 aliphatic rings. The van der Waals surface area contributed by atoms with E-state index in [0.29, 0.717) is 18.2 Å². The van der Waals surface area contributed by atoms with E-state index in [-0.39, 0.29) is 0 Å². The molecule has 5 heteroatoms. The number of rotatable bonds is 4. The van der Waals surface area contributed by atoms with Crippen LogP contribution in [0.3, 0.4) is 0 Å². The van der Waals surface area contributed by atoms with Crippen LogP contribution in [0.1, 0.15) is 11.3 Å². The molecule has 0 atom stereocenters. The molecule has 3 nitrogen and oxygen atoms in total. The minimum atomic E-state index is 0.383. The number of hydrogen-bond donors (Lipinski definition) is 1. The first-order valence-corrected chi connectivity index (χ1v) is 6.58. The lowest BCUT2D eigenvalue weighted by atomic mass is 10.2. The Morgan fingerprint density at radius 2 is 2.17 bits per heavy atom. The third-order valence-electron chi connectivity index (χ3n) is 2.46. The molecule has 2 N–H and O–H groups in total. The summed E-state index contributed by atoms with van der Waals surface area (Å²) in [5.74, 6) is 0.730. The third kappa shape index (κ3) is 3.22. The highest BCUT2D eigenvalue weighted by atomic mass is 79.9. The maximum atomic E-state index is 5.87. The van der Waals surface area contributed by atoms with Crippen molar-refractivity contribution in [2.24, 2.45) is 5.73 Å². The van der Waals surface area contributed by atoms with Gasteiger partial charge in [-0.2, -0.15) is 0 Å². The smallest absolute Gasteiger partial charge is 0.134 e. The molecule has 18 heavy (non-hydrogen) atoms. The number of halogens is 2. The number of ether oxygens (including phenoxy) is 1. The van der Waals surface area contributed by atoms with Crippen molar-refractivity contribution in [2.45, 2.75) is 13.2 Å². The number of nitrogens with two attached hydrogens (primary N) is 1. The molecule has 0 unspecified atom stereocenters. The third-order valence-corrected chi connectivity index (χ3v) is 3.32. The normalized spacial score (nSPS) is 10.4. The monoisotopic (exact) mass is 326 g/mol. The molecule has 2 aromatic rings. The molecule has 0 fully saturated rings. The van der Waals surface area contributed by atoms with Crippen molar-refractivity contribution in [3.05, 3.63) is 57.3 Å². The molecule has 0 bridgehead atoms. The number of benzene rings is 1. The van der Waals surface area contributed by atoms with Crippen LogP contribution in [0, 0.1) is 0 Å². The van der Waals surface area contributed by atoms with Gasteiger partial charge in [-0.3, -0.25) is 4.98 Å². The number of nitrogens with zero attached hydrogens (tertiary/aromatic N) is 1. The molecular weight excluding hydrogens is 316 g/mol. The van der Waals surface area contributed by atoms with Crippen molar-refractivity contribution >= 4 is 27.5 Å². The van der Waals surface area contributed by atoms with E-state index < -0.39 is 0 Å². The van der Waals surface area contributed by atoms with Gasteiger partial charge in [-0.15, -0.1) is 0 Å². The van der Waals surface area contributed by atoms with Crippen molar-refractivity contribution in [1.29, 1.82) is 0 Å². The Morgan fingerprint density at radius 3 is 2.89 bits per heavy atom. The molecule has 0 amide bonds. The van der Waals surface area contributed by atoms with Crippen LogP contribution in [0.25, 0.3) is 0 Å². The Kier molecular flexibility index (Phi) is 4.58. The zero-order chi connectivity index (χ0) is 13.0. The summed E-state index contributed by atoms with van der Waals surface area (Å²) in [4.78, 5) is 4.27. The molecule has 0 radical (unpaired) electrons. The van der Waals surface area contributed by atoms with Crippen molar-refractivity contribution in [2.75, 3.05) is 0 Å². The van der Waals surface area contributed by atoms with Crippen molar-refractivity contribution in [1.82, 2.24) is 4.98 Å². The van der Waals surface area contributed by atoms with Gasteiger partial charge in [-0.05, 0) is 45.8 Å². The highest BCUT2D eigenvalue weighted by Crippen LogP contribution is 2.28. The van der Waals surface area contributed by atoms with Crippen LogP contribution in [0.5, 0.6) is 5.75 Å². The van der Waals surface area contributed by atoms with Crippen molar-refractivity contribution in [3.63, 3.8) is 0 Å². The Bertz CT molecular complexity index is 548. The van der Waals surface area contributed by atoms with E-state index in [2.05, 4.69) is 20.9 Å². The predicted molar refractivity (Wildman–Crippen MR) is 75.6 cm³/mol. The van der Waals surface area contributed by atoms with E-state index in [1.165, 1.54) is 0 Å². The van der Waals surface area contributed by atoms with E-state index in [4.69, 9.17) is 22.1 Å². The second-order valence-electron chi connectivity index (χ2n) is 3.68. The Balaban J connectivity index is 2.11. The maximum absolute atomic E-state index is 5.87. The first-order chi connectivity index (χ1) is 8.70. The predicted octanol–water partition coefficient (Wildman–Crippen LogP) is 3.54. The van der Waals surface area contributed by atoms with E-state index in [0.717, 1.165) is 21.5 Å². The number of hydrogen-bond acceptors (Lipinski definition) is 3. The van der Waals surface area contributed by atoms with E-state index in [1.807, 2.05) is 18.2 Å². The Morgan fingerprint density at radius 1 is 1.33 bits per heavy atom. The zero-order valence-electron chi connectivity index (χ0n) is 9.57. The fraction of sp³-hybridized carbons (Fsp3) is 0.154. The van der Waals surface area contributed by atoms with Gasteiger partial charge >= 0.3 is 0 Å². The zero-order valence-corrected chi connectivity index (χ0v) is 11.9. The van der Waals surface area contributed by atoms with E-state index in [9.17, 15) is 0 Å². The SMILES string of the molecule is NCc1cccnc1COc1ccc(Cl)cc1Br. The highest BCUT2D eigenvalue weighted by molar-refractivity contribution is 9.10. The van der Waals surface area contributed by atoms with Gasteiger partial charge in [0.2, 0.25) is 0 Å². The van der Waals surface area contributed by atoms with Gasteiger partial charge in [0.05, 0.1) is 10.2 Å². The largest absolute Gasteiger partial charge is 0.486 e. The highest BCUT2D eigenvalue weighted by Gasteiger charge is 2.05. The lowest BCUT2D eigenvalue weighted by molar-refractivity contribution is 0.298. The van der Waals surface area contributed by atoms with Crippen molar-refractivity contribution in [3.8, 4) is 5.75 Å². The number of pyridine rings is 1. The minimum Gasteiger partial charge on any atom is -0.486 e. The molecule has 2 rings (SSSR count). The summed E-state index contributed by atoms with van der Waals surface area (Å²) in [6, 6.07) is 9.20. The summed E-state index contributed by atoms with van der Waals surface area (Å²) < 4.78 is 6.52. The van der Waals surface area contributed by atoms with Crippen LogP contribution >= 0.6 is 27.5 Å². The lowest BCUT2D eigenvalue weighted by Crippen LogP contribution is -2.06. The molecule has 0 spiro atoms. The quantitative estimate of drug-likeness (QED) is 0.934. The van der Waals surface area contributed by atoms with Gasteiger partial charge in [-0.1, -0.05) is 17.7 Å². The molecule has 0 saturated heterocycles. The van der Waals surface area contributed by atoms with Crippen LogP contribution in [0.2, 0.25) is 5.02 Å². The molecular formula is C13H12BrClN2O. The molecule has 0 saturated carbocycles. The van der Waals surface area contributed by atoms with Crippen LogP contribution in [0.4, 0.5) is 0 Å². The van der Waals surface area contributed by atoms with Crippen LogP contribution in [-0.4, -0.2) is 4.98 Å². The maximum Gasteiger partial charge on any atom is 0.134 e. The molecule has 1 aromatic heterocycles. The van der Waals surface area contributed by atoms with Crippen LogP contribution < -0.4 is 10.5 Å². The van der Waals surface area contributed by atoms with Gasteiger partial charge in [0.15, 0.2) is 0 Å².